The van der Waals surface area contributed by atoms with Crippen LogP contribution in [0.2, 0.25) is 0 Å². The van der Waals surface area contributed by atoms with Gasteiger partial charge in [-0.15, -0.1) is 13.2 Å². The lowest BCUT2D eigenvalue weighted by molar-refractivity contribution is 0.157. The standard InChI is InChI=1S/C9H12.C8H18.2C2H6.C2H4/c1-7-4-5-8(2)9(3)6-7;1-7(2,3)8(4,5)6;3*1-2/h4-6H,1-3H3;1-6H3;2*1-2H3;1-2H2. The molecule has 0 aliphatic carbocycles. The van der Waals surface area contributed by atoms with Crippen LogP contribution in [0, 0.1) is 31.6 Å². The van der Waals surface area contributed by atoms with E-state index in [0.717, 1.165) is 0 Å². The summed E-state index contributed by atoms with van der Waals surface area (Å²) in [6.45, 7) is 34.0. The summed E-state index contributed by atoms with van der Waals surface area (Å²) in [6, 6.07) is 6.50. The molecule has 1 rings (SSSR count). The first-order valence-corrected chi connectivity index (χ1v) is 8.99. The van der Waals surface area contributed by atoms with Gasteiger partial charge in [-0.25, -0.2) is 0 Å². The van der Waals surface area contributed by atoms with Crippen LogP contribution in [0.3, 0.4) is 0 Å². The highest BCUT2D eigenvalue weighted by atomic mass is 14.3. The lowest BCUT2D eigenvalue weighted by Crippen LogP contribution is -2.25. The molecule has 0 unspecified atom stereocenters. The summed E-state index contributed by atoms with van der Waals surface area (Å²) in [5, 5.41) is 0. The van der Waals surface area contributed by atoms with Gasteiger partial charge in [-0.2, -0.15) is 0 Å². The molecule has 0 fully saturated rings. The molecule has 138 valence electrons. The van der Waals surface area contributed by atoms with Crippen molar-refractivity contribution in [1.29, 1.82) is 0 Å². The minimum atomic E-state index is 0.437. The van der Waals surface area contributed by atoms with Crippen LogP contribution in [0.15, 0.2) is 31.4 Å². The normalized spacial score (nSPS) is 9.43. The monoisotopic (exact) mass is 322 g/mol. The van der Waals surface area contributed by atoms with Gasteiger partial charge in [0.1, 0.15) is 0 Å². The van der Waals surface area contributed by atoms with E-state index in [4.69, 9.17) is 0 Å². The van der Waals surface area contributed by atoms with Gasteiger partial charge in [0, 0.05) is 0 Å². The highest BCUT2D eigenvalue weighted by Crippen LogP contribution is 2.36. The van der Waals surface area contributed by atoms with E-state index in [1.54, 1.807) is 0 Å². The third-order valence-corrected chi connectivity index (χ3v) is 3.91. The largest absolute Gasteiger partial charge is 0.106 e. The first-order valence-electron chi connectivity index (χ1n) is 8.99. The van der Waals surface area contributed by atoms with Crippen molar-refractivity contribution < 1.29 is 0 Å². The molecule has 0 spiro atoms. The lowest BCUT2D eigenvalue weighted by atomic mass is 9.71. The Labute approximate surface area is 149 Å². The van der Waals surface area contributed by atoms with Crippen LogP contribution in [0.1, 0.15) is 85.9 Å². The predicted molar refractivity (Wildman–Crippen MR) is 114 cm³/mol. The second-order valence-corrected chi connectivity index (χ2v) is 7.09. The summed E-state index contributed by atoms with van der Waals surface area (Å²) in [7, 11) is 0. The number of rotatable bonds is 0. The maximum atomic E-state index is 3.00. The Morgan fingerprint density at radius 3 is 1.09 bits per heavy atom. The SMILES string of the molecule is C=C.CC.CC.CC(C)(C)C(C)(C)C.Cc1ccc(C)c(C)c1. The van der Waals surface area contributed by atoms with Crippen molar-refractivity contribution in [3.8, 4) is 0 Å². The van der Waals surface area contributed by atoms with E-state index in [9.17, 15) is 0 Å². The van der Waals surface area contributed by atoms with Gasteiger partial charge < -0.3 is 0 Å². The van der Waals surface area contributed by atoms with Gasteiger partial charge in [0.25, 0.3) is 0 Å². The van der Waals surface area contributed by atoms with Crippen LogP contribution in [0.4, 0.5) is 0 Å². The molecule has 0 radical (unpaired) electrons. The number of aryl methyl sites for hydroxylation is 3. The Morgan fingerprint density at radius 1 is 0.609 bits per heavy atom. The van der Waals surface area contributed by atoms with Crippen LogP contribution in [-0.2, 0) is 0 Å². The molecule has 0 atom stereocenters. The van der Waals surface area contributed by atoms with E-state index < -0.39 is 0 Å². The second-order valence-electron chi connectivity index (χ2n) is 7.09. The lowest BCUT2D eigenvalue weighted by Gasteiger charge is -2.34. The maximum absolute atomic E-state index is 3.00. The Kier molecular flexibility index (Phi) is 20.6. The van der Waals surface area contributed by atoms with E-state index in [1.807, 2.05) is 27.7 Å². The summed E-state index contributed by atoms with van der Waals surface area (Å²) in [4.78, 5) is 0. The van der Waals surface area contributed by atoms with E-state index in [2.05, 4.69) is 93.7 Å². The molecule has 0 bridgehead atoms. The van der Waals surface area contributed by atoms with Crippen molar-refractivity contribution in [1.82, 2.24) is 0 Å². The quantitative estimate of drug-likeness (QED) is 0.420. The van der Waals surface area contributed by atoms with Crippen LogP contribution in [0.25, 0.3) is 0 Å². The Hall–Kier alpha value is -1.04. The minimum Gasteiger partial charge on any atom is -0.106 e. The fourth-order valence-electron chi connectivity index (χ4n) is 0.891. The molecule has 0 heteroatoms. The zero-order valence-corrected chi connectivity index (χ0v) is 18.6. The molecule has 0 saturated carbocycles. The van der Waals surface area contributed by atoms with Crippen molar-refractivity contribution in [3.63, 3.8) is 0 Å². The van der Waals surface area contributed by atoms with Crippen LogP contribution in [0.5, 0.6) is 0 Å². The van der Waals surface area contributed by atoms with Gasteiger partial charge in [-0.3, -0.25) is 0 Å². The average Bonchev–Trinajstić information content (AvgIpc) is 2.48. The molecule has 0 aliphatic rings. The third kappa shape index (κ3) is 17.2. The van der Waals surface area contributed by atoms with Gasteiger partial charge in [0.05, 0.1) is 0 Å². The van der Waals surface area contributed by atoms with E-state index >= 15 is 0 Å². The van der Waals surface area contributed by atoms with Gasteiger partial charge in [0.2, 0.25) is 0 Å². The van der Waals surface area contributed by atoms with Crippen LogP contribution < -0.4 is 0 Å². The van der Waals surface area contributed by atoms with Crippen molar-refractivity contribution in [2.75, 3.05) is 0 Å². The molecule has 0 N–H and O–H groups in total. The molecule has 0 aliphatic heterocycles. The average molecular weight is 323 g/mol. The minimum absolute atomic E-state index is 0.437. The van der Waals surface area contributed by atoms with Crippen LogP contribution in [-0.4, -0.2) is 0 Å². The highest BCUT2D eigenvalue weighted by Gasteiger charge is 2.26. The molecule has 0 aromatic heterocycles. The molecule has 0 amide bonds. The Morgan fingerprint density at radius 2 is 0.913 bits per heavy atom. The molecule has 0 saturated heterocycles. The van der Waals surface area contributed by atoms with E-state index in [1.165, 1.54) is 16.7 Å². The van der Waals surface area contributed by atoms with Crippen molar-refractivity contribution in [2.45, 2.75) is 90.0 Å². The summed E-state index contributed by atoms with van der Waals surface area (Å²) >= 11 is 0. The third-order valence-electron chi connectivity index (χ3n) is 3.91. The maximum Gasteiger partial charge on any atom is -0.0334 e. The zero-order chi connectivity index (χ0) is 19.9. The second kappa shape index (κ2) is 15.8. The van der Waals surface area contributed by atoms with Gasteiger partial charge >= 0.3 is 0 Å². The topological polar surface area (TPSA) is 0 Å². The summed E-state index contributed by atoms with van der Waals surface area (Å²) in [5.41, 5.74) is 4.98. The first kappa shape index (κ1) is 29.9. The molecule has 0 heterocycles. The van der Waals surface area contributed by atoms with Gasteiger partial charge in [-0.05, 0) is 42.7 Å². The van der Waals surface area contributed by atoms with Crippen LogP contribution >= 0.6 is 0 Å². The zero-order valence-electron chi connectivity index (χ0n) is 18.6. The van der Waals surface area contributed by atoms with Gasteiger partial charge in [0.15, 0.2) is 0 Å². The Balaban J connectivity index is -0.000000119. The van der Waals surface area contributed by atoms with Crippen molar-refractivity contribution in [3.05, 3.63) is 48.0 Å². The number of hydrogen-bond donors (Lipinski definition) is 0. The van der Waals surface area contributed by atoms with Crippen molar-refractivity contribution >= 4 is 0 Å². The van der Waals surface area contributed by atoms with Crippen molar-refractivity contribution in [2.24, 2.45) is 10.8 Å². The molecule has 23 heavy (non-hydrogen) atoms. The summed E-state index contributed by atoms with van der Waals surface area (Å²) in [6.07, 6.45) is 0. The number of hydrogen-bond acceptors (Lipinski definition) is 0. The summed E-state index contributed by atoms with van der Waals surface area (Å²) in [5.74, 6) is 0. The molecule has 1 aromatic rings. The fourth-order valence-corrected chi connectivity index (χ4v) is 0.891. The molecule has 1 aromatic carbocycles. The summed E-state index contributed by atoms with van der Waals surface area (Å²) < 4.78 is 0. The van der Waals surface area contributed by atoms with Gasteiger partial charge in [-0.1, -0.05) is 93.0 Å². The highest BCUT2D eigenvalue weighted by molar-refractivity contribution is 5.28. The Bertz CT molecular complexity index is 347. The molecular formula is C23H46. The predicted octanol–water partition coefficient (Wildman–Crippen LogP) is 8.55. The number of benzene rings is 1. The van der Waals surface area contributed by atoms with E-state index in [-0.39, 0.29) is 0 Å². The molecule has 0 nitrogen and oxygen atoms in total. The first-order chi connectivity index (χ1) is 10.4. The smallest absolute Gasteiger partial charge is 0.0334 e. The molecular weight excluding hydrogens is 276 g/mol. The van der Waals surface area contributed by atoms with E-state index in [0.29, 0.717) is 10.8 Å². The fraction of sp³-hybridized carbons (Fsp3) is 0.652.